The summed E-state index contributed by atoms with van der Waals surface area (Å²) in [5.74, 6) is -0.524. The molecule has 1 amide bonds. The lowest BCUT2D eigenvalue weighted by Crippen LogP contribution is -2.45. The molecule has 2 heterocycles. The first-order chi connectivity index (χ1) is 9.54. The third kappa shape index (κ3) is 4.19. The molecular weight excluding hydrogens is 266 g/mol. The molecule has 1 aliphatic rings. The highest BCUT2D eigenvalue weighted by Crippen LogP contribution is 2.18. The first-order valence-electron chi connectivity index (χ1n) is 6.74. The van der Waals surface area contributed by atoms with Gasteiger partial charge in [-0.1, -0.05) is 0 Å². The van der Waals surface area contributed by atoms with Gasteiger partial charge in [0.05, 0.1) is 18.2 Å². The highest BCUT2D eigenvalue weighted by Gasteiger charge is 2.26. The Hall–Kier alpha value is -1.63. The topological polar surface area (TPSA) is 49.3 Å². The molecule has 1 aliphatic heterocycles. The number of hydrazine groups is 1. The normalized spacial score (nSPS) is 20.1. The van der Waals surface area contributed by atoms with Crippen LogP contribution in [0.25, 0.3) is 0 Å². The number of aromatic nitrogens is 1. The maximum atomic E-state index is 12.1. The van der Waals surface area contributed by atoms with Crippen LogP contribution in [0.1, 0.15) is 12.8 Å². The molecule has 0 aliphatic carbocycles. The van der Waals surface area contributed by atoms with E-state index in [-0.39, 0.29) is 11.8 Å². The lowest BCUT2D eigenvalue weighted by atomic mass is 9.98. The Morgan fingerprint density at radius 2 is 2.35 bits per heavy atom. The van der Waals surface area contributed by atoms with Gasteiger partial charge in [-0.25, -0.2) is 13.8 Å². The summed E-state index contributed by atoms with van der Waals surface area (Å²) >= 11 is 0. The SMILES string of the molecule is Cn1ccc(NN2CCCC(C(=O)NCC(F)F)C2)c1. The number of nitrogens with zero attached hydrogens (tertiary/aromatic N) is 2. The average Bonchev–Trinajstić information content (AvgIpc) is 2.81. The zero-order chi connectivity index (χ0) is 14.5. The maximum Gasteiger partial charge on any atom is 0.255 e. The largest absolute Gasteiger partial charge is 0.355 e. The number of nitrogens with one attached hydrogen (secondary N) is 2. The van der Waals surface area contributed by atoms with Gasteiger partial charge in [-0.3, -0.25) is 4.79 Å². The van der Waals surface area contributed by atoms with E-state index in [9.17, 15) is 13.6 Å². The summed E-state index contributed by atoms with van der Waals surface area (Å²) in [5, 5.41) is 4.26. The van der Waals surface area contributed by atoms with E-state index < -0.39 is 13.0 Å². The summed E-state index contributed by atoms with van der Waals surface area (Å²) in [6.07, 6.45) is 2.98. The first kappa shape index (κ1) is 14.8. The second-order valence-corrected chi connectivity index (χ2v) is 5.10. The highest BCUT2D eigenvalue weighted by molar-refractivity contribution is 5.79. The van der Waals surface area contributed by atoms with Crippen molar-refractivity contribution >= 4 is 11.6 Å². The Morgan fingerprint density at radius 1 is 1.55 bits per heavy atom. The molecule has 5 nitrogen and oxygen atoms in total. The quantitative estimate of drug-likeness (QED) is 0.861. The molecule has 112 valence electrons. The van der Waals surface area contributed by atoms with Crippen LogP contribution in [0, 0.1) is 5.92 Å². The van der Waals surface area contributed by atoms with Crippen molar-refractivity contribution in [2.45, 2.75) is 19.3 Å². The minimum Gasteiger partial charge on any atom is -0.355 e. The summed E-state index contributed by atoms with van der Waals surface area (Å²) in [6, 6.07) is 1.94. The van der Waals surface area contributed by atoms with E-state index in [1.807, 2.05) is 35.1 Å². The molecule has 1 saturated heterocycles. The van der Waals surface area contributed by atoms with Gasteiger partial charge in [-0.2, -0.15) is 0 Å². The van der Waals surface area contributed by atoms with E-state index in [1.54, 1.807) is 0 Å². The van der Waals surface area contributed by atoms with Crippen molar-refractivity contribution in [3.63, 3.8) is 0 Å². The van der Waals surface area contributed by atoms with Crippen molar-refractivity contribution in [2.75, 3.05) is 25.1 Å². The van der Waals surface area contributed by atoms with E-state index in [0.717, 1.165) is 25.1 Å². The number of carbonyl (C=O) groups is 1. The summed E-state index contributed by atoms with van der Waals surface area (Å²) in [5.41, 5.74) is 4.20. The van der Waals surface area contributed by atoms with Crippen LogP contribution in [0.15, 0.2) is 18.5 Å². The van der Waals surface area contributed by atoms with Gasteiger partial charge < -0.3 is 15.3 Å². The Labute approximate surface area is 116 Å². The molecule has 0 bridgehead atoms. The third-order valence-corrected chi connectivity index (χ3v) is 3.34. The van der Waals surface area contributed by atoms with Gasteiger partial charge in [0.25, 0.3) is 6.43 Å². The molecule has 0 spiro atoms. The van der Waals surface area contributed by atoms with E-state index in [4.69, 9.17) is 0 Å². The smallest absolute Gasteiger partial charge is 0.255 e. The van der Waals surface area contributed by atoms with Crippen LogP contribution in [0.4, 0.5) is 14.5 Å². The predicted octanol–water partition coefficient (Wildman–Crippen LogP) is 1.45. The van der Waals surface area contributed by atoms with E-state index >= 15 is 0 Å². The Morgan fingerprint density at radius 3 is 3.00 bits per heavy atom. The Kier molecular flexibility index (Phi) is 4.94. The van der Waals surface area contributed by atoms with Gasteiger partial charge in [-0.15, -0.1) is 0 Å². The minimum atomic E-state index is -2.50. The van der Waals surface area contributed by atoms with Crippen molar-refractivity contribution in [2.24, 2.45) is 13.0 Å². The van der Waals surface area contributed by atoms with Crippen molar-refractivity contribution < 1.29 is 13.6 Å². The molecular formula is C13H20F2N4O. The van der Waals surface area contributed by atoms with Crippen LogP contribution in [0.3, 0.4) is 0 Å². The molecule has 1 fully saturated rings. The maximum absolute atomic E-state index is 12.1. The van der Waals surface area contributed by atoms with Gasteiger partial charge >= 0.3 is 0 Å². The molecule has 1 aromatic rings. The molecule has 2 rings (SSSR count). The molecule has 1 atom stereocenters. The minimum absolute atomic E-state index is 0.237. The lowest BCUT2D eigenvalue weighted by Gasteiger charge is -2.32. The van der Waals surface area contributed by atoms with Crippen LogP contribution >= 0.6 is 0 Å². The second-order valence-electron chi connectivity index (χ2n) is 5.10. The number of carbonyl (C=O) groups excluding carboxylic acids is 1. The van der Waals surface area contributed by atoms with E-state index in [1.165, 1.54) is 0 Å². The molecule has 0 radical (unpaired) electrons. The van der Waals surface area contributed by atoms with Crippen LogP contribution < -0.4 is 10.7 Å². The standard InChI is InChI=1S/C13H20F2N4O/c1-18-6-4-11(9-18)17-19-5-2-3-10(8-19)13(20)16-7-12(14)15/h4,6,9-10,12,17H,2-3,5,7-8H2,1H3,(H,16,20). The monoisotopic (exact) mass is 286 g/mol. The average molecular weight is 286 g/mol. The summed E-state index contributed by atoms with van der Waals surface area (Å²) < 4.78 is 26.1. The van der Waals surface area contributed by atoms with Crippen molar-refractivity contribution in [1.82, 2.24) is 14.9 Å². The number of amides is 1. The summed E-state index contributed by atoms with van der Waals surface area (Å²) in [4.78, 5) is 11.8. The summed E-state index contributed by atoms with van der Waals surface area (Å²) in [7, 11) is 1.93. The van der Waals surface area contributed by atoms with Gasteiger partial charge in [0, 0.05) is 32.5 Å². The summed E-state index contributed by atoms with van der Waals surface area (Å²) in [6.45, 7) is 0.804. The van der Waals surface area contributed by atoms with Crippen molar-refractivity contribution in [3.8, 4) is 0 Å². The van der Waals surface area contributed by atoms with Crippen LogP contribution in [0.2, 0.25) is 0 Å². The van der Waals surface area contributed by atoms with Crippen LogP contribution in [-0.4, -0.2) is 41.5 Å². The zero-order valence-electron chi connectivity index (χ0n) is 11.5. The fraction of sp³-hybridized carbons (Fsp3) is 0.615. The molecule has 7 heteroatoms. The molecule has 20 heavy (non-hydrogen) atoms. The predicted molar refractivity (Wildman–Crippen MR) is 72.3 cm³/mol. The lowest BCUT2D eigenvalue weighted by molar-refractivity contribution is -0.127. The number of rotatable bonds is 5. The van der Waals surface area contributed by atoms with Crippen molar-refractivity contribution in [1.29, 1.82) is 0 Å². The van der Waals surface area contributed by atoms with Gasteiger partial charge in [0.15, 0.2) is 0 Å². The number of piperidine rings is 1. The molecule has 0 aromatic carbocycles. The first-order valence-corrected chi connectivity index (χ1v) is 6.74. The molecule has 2 N–H and O–H groups in total. The number of anilines is 1. The second kappa shape index (κ2) is 6.69. The van der Waals surface area contributed by atoms with E-state index in [0.29, 0.717) is 6.54 Å². The van der Waals surface area contributed by atoms with Gasteiger partial charge in [0.1, 0.15) is 0 Å². The number of aryl methyl sites for hydroxylation is 1. The van der Waals surface area contributed by atoms with Crippen molar-refractivity contribution in [3.05, 3.63) is 18.5 Å². The van der Waals surface area contributed by atoms with Gasteiger partial charge in [-0.05, 0) is 18.9 Å². The third-order valence-electron chi connectivity index (χ3n) is 3.34. The fourth-order valence-corrected chi connectivity index (χ4v) is 2.37. The van der Waals surface area contributed by atoms with Gasteiger partial charge in [0.2, 0.25) is 5.91 Å². The van der Waals surface area contributed by atoms with Crippen LogP contribution in [-0.2, 0) is 11.8 Å². The van der Waals surface area contributed by atoms with E-state index in [2.05, 4.69) is 10.7 Å². The number of hydrogen-bond donors (Lipinski definition) is 2. The number of hydrogen-bond acceptors (Lipinski definition) is 3. The fourth-order valence-electron chi connectivity index (χ4n) is 2.37. The highest BCUT2D eigenvalue weighted by atomic mass is 19.3. The molecule has 1 aromatic heterocycles. The molecule has 1 unspecified atom stereocenters. The zero-order valence-corrected chi connectivity index (χ0v) is 11.5. The Bertz CT molecular complexity index is 449. The van der Waals surface area contributed by atoms with Crippen LogP contribution in [0.5, 0.6) is 0 Å². The molecule has 0 saturated carbocycles. The number of halogens is 2. The number of alkyl halides is 2. The Balaban J connectivity index is 1.83.